The number of benzene rings is 1. The van der Waals surface area contributed by atoms with Gasteiger partial charge in [0.1, 0.15) is 5.82 Å². The van der Waals surface area contributed by atoms with Gasteiger partial charge >= 0.3 is 0 Å². The minimum Gasteiger partial charge on any atom is -0.379 e. The van der Waals surface area contributed by atoms with Crippen molar-refractivity contribution in [2.75, 3.05) is 26.3 Å². The van der Waals surface area contributed by atoms with E-state index in [0.29, 0.717) is 31.9 Å². The highest BCUT2D eigenvalue weighted by Gasteiger charge is 2.35. The Kier molecular flexibility index (Phi) is 3.44. The predicted octanol–water partition coefficient (Wildman–Crippen LogP) is 0.561. The fourth-order valence-corrected chi connectivity index (χ4v) is 1.86. The summed E-state index contributed by atoms with van der Waals surface area (Å²) in [4.78, 5) is 1.46. The lowest BCUT2D eigenvalue weighted by molar-refractivity contribution is -0.287. The third kappa shape index (κ3) is 2.47. The van der Waals surface area contributed by atoms with Crippen LogP contribution in [0.15, 0.2) is 18.2 Å². The van der Waals surface area contributed by atoms with Crippen molar-refractivity contribution in [3.63, 3.8) is 0 Å². The van der Waals surface area contributed by atoms with Crippen LogP contribution in [-0.2, 0) is 10.6 Å². The maximum atomic E-state index is 13.4. The molecule has 1 heterocycles. The molecule has 0 radical (unpaired) electrons. The number of ether oxygens (including phenoxy) is 1. The van der Waals surface area contributed by atoms with Crippen molar-refractivity contribution >= 4 is 0 Å². The van der Waals surface area contributed by atoms with E-state index in [9.17, 15) is 14.6 Å². The van der Waals surface area contributed by atoms with Crippen molar-refractivity contribution in [1.29, 1.82) is 0 Å². The van der Waals surface area contributed by atoms with Crippen molar-refractivity contribution in [2.45, 2.75) is 12.8 Å². The van der Waals surface area contributed by atoms with Gasteiger partial charge in [-0.2, -0.15) is 0 Å². The topological polar surface area (TPSA) is 52.9 Å². The van der Waals surface area contributed by atoms with E-state index in [-0.39, 0.29) is 5.56 Å². The van der Waals surface area contributed by atoms with Crippen molar-refractivity contribution in [2.24, 2.45) is 0 Å². The van der Waals surface area contributed by atoms with Crippen LogP contribution in [0.25, 0.3) is 0 Å². The van der Waals surface area contributed by atoms with Gasteiger partial charge in [-0.05, 0) is 18.6 Å². The molecule has 1 aromatic carbocycles. The van der Waals surface area contributed by atoms with Gasteiger partial charge in [-0.25, -0.2) is 9.29 Å². The van der Waals surface area contributed by atoms with Crippen LogP contribution in [0.3, 0.4) is 0 Å². The molecule has 1 saturated heterocycles. The summed E-state index contributed by atoms with van der Waals surface area (Å²) in [6.45, 7) is 3.32. The minimum atomic E-state index is -2.14. The molecule has 1 aromatic rings. The zero-order chi connectivity index (χ0) is 12.5. The van der Waals surface area contributed by atoms with Gasteiger partial charge in [-0.1, -0.05) is 12.1 Å². The second-order valence-electron chi connectivity index (χ2n) is 4.20. The molecule has 1 fully saturated rings. The highest BCUT2D eigenvalue weighted by Crippen LogP contribution is 2.25. The Morgan fingerprint density at radius 2 is 1.94 bits per heavy atom. The van der Waals surface area contributed by atoms with Crippen molar-refractivity contribution in [3.8, 4) is 0 Å². The number of aliphatic hydroxyl groups is 2. The maximum absolute atomic E-state index is 13.4. The Balaban J connectivity index is 2.26. The molecule has 0 unspecified atom stereocenters. The second kappa shape index (κ2) is 4.70. The molecule has 1 aliphatic rings. The highest BCUT2D eigenvalue weighted by atomic mass is 19.1. The van der Waals surface area contributed by atoms with Gasteiger partial charge in [-0.3, -0.25) is 0 Å². The molecule has 0 spiro atoms. The van der Waals surface area contributed by atoms with Crippen LogP contribution in [0.5, 0.6) is 0 Å². The number of morpholine rings is 1. The van der Waals surface area contributed by atoms with E-state index < -0.39 is 11.7 Å². The highest BCUT2D eigenvalue weighted by molar-refractivity contribution is 5.26. The smallest absolute Gasteiger partial charge is 0.253 e. The first-order valence-corrected chi connectivity index (χ1v) is 5.56. The Bertz CT molecular complexity index is 403. The fourth-order valence-electron chi connectivity index (χ4n) is 1.86. The molecule has 94 valence electrons. The van der Waals surface area contributed by atoms with E-state index in [1.165, 1.54) is 17.0 Å². The van der Waals surface area contributed by atoms with Gasteiger partial charge in [0.05, 0.1) is 13.2 Å². The Hall–Kier alpha value is -1.01. The van der Waals surface area contributed by atoms with E-state index in [1.54, 1.807) is 6.92 Å². The first-order chi connectivity index (χ1) is 8.01. The van der Waals surface area contributed by atoms with Crippen LogP contribution in [0.1, 0.15) is 11.1 Å². The van der Waals surface area contributed by atoms with E-state index >= 15 is 0 Å². The summed E-state index contributed by atoms with van der Waals surface area (Å²) < 4.78 is 18.5. The summed E-state index contributed by atoms with van der Waals surface area (Å²) in [6.07, 6.45) is 0. The lowest BCUT2D eigenvalue weighted by Gasteiger charge is -2.37. The van der Waals surface area contributed by atoms with Crippen LogP contribution in [0.4, 0.5) is 4.39 Å². The number of nitrogens with zero attached hydrogens (tertiary/aromatic N) is 1. The maximum Gasteiger partial charge on any atom is 0.253 e. The Morgan fingerprint density at radius 3 is 2.53 bits per heavy atom. The predicted molar refractivity (Wildman–Crippen MR) is 59.6 cm³/mol. The molecule has 0 aromatic heterocycles. The summed E-state index contributed by atoms with van der Waals surface area (Å²) in [6, 6.07) is 4.21. The van der Waals surface area contributed by atoms with E-state index in [1.807, 2.05) is 0 Å². The molecule has 1 aliphatic heterocycles. The third-order valence-electron chi connectivity index (χ3n) is 3.01. The van der Waals surface area contributed by atoms with E-state index in [4.69, 9.17) is 4.74 Å². The number of rotatable bonds is 2. The molecule has 0 atom stereocenters. The molecule has 5 heteroatoms. The van der Waals surface area contributed by atoms with Crippen molar-refractivity contribution < 1.29 is 19.3 Å². The van der Waals surface area contributed by atoms with Gasteiger partial charge in [0.2, 0.25) is 0 Å². The fraction of sp³-hybridized carbons (Fsp3) is 0.500. The molecule has 17 heavy (non-hydrogen) atoms. The Labute approximate surface area is 99.2 Å². The van der Waals surface area contributed by atoms with Crippen LogP contribution in [0.2, 0.25) is 0 Å². The zero-order valence-electron chi connectivity index (χ0n) is 9.69. The zero-order valence-corrected chi connectivity index (χ0v) is 9.69. The van der Waals surface area contributed by atoms with Gasteiger partial charge in [0.25, 0.3) is 5.91 Å². The molecule has 0 amide bonds. The van der Waals surface area contributed by atoms with Crippen LogP contribution in [0, 0.1) is 12.7 Å². The van der Waals surface area contributed by atoms with E-state index in [2.05, 4.69) is 0 Å². The molecule has 2 rings (SSSR count). The summed E-state index contributed by atoms with van der Waals surface area (Å²) in [7, 11) is 0. The van der Waals surface area contributed by atoms with Gasteiger partial charge in [0.15, 0.2) is 0 Å². The molecule has 4 nitrogen and oxygen atoms in total. The number of hydrogen-bond donors (Lipinski definition) is 2. The summed E-state index contributed by atoms with van der Waals surface area (Å²) >= 11 is 0. The SMILES string of the molecule is Cc1ccc(C(O)(O)N2CCOCC2)cc1F. The molecule has 0 saturated carbocycles. The number of halogens is 1. The number of aryl methyl sites for hydroxylation is 1. The number of hydrogen-bond acceptors (Lipinski definition) is 4. The van der Waals surface area contributed by atoms with Crippen LogP contribution >= 0.6 is 0 Å². The molecular formula is C12H16FNO3. The van der Waals surface area contributed by atoms with Crippen LogP contribution in [-0.4, -0.2) is 41.4 Å². The standard InChI is InChI=1S/C12H16FNO3/c1-9-2-3-10(8-11(9)13)12(15,16)14-4-6-17-7-5-14/h2-3,8,15-16H,4-7H2,1H3. The summed E-state index contributed by atoms with van der Waals surface area (Å²) in [5.74, 6) is -2.58. The molecular weight excluding hydrogens is 225 g/mol. The normalized spacial score (nSPS) is 18.4. The molecule has 2 N–H and O–H groups in total. The van der Waals surface area contributed by atoms with Crippen molar-refractivity contribution in [3.05, 3.63) is 35.1 Å². The monoisotopic (exact) mass is 241 g/mol. The first kappa shape index (κ1) is 12.4. The molecule has 0 bridgehead atoms. The van der Waals surface area contributed by atoms with Gasteiger partial charge < -0.3 is 14.9 Å². The summed E-state index contributed by atoms with van der Waals surface area (Å²) in [5.41, 5.74) is 0.619. The third-order valence-corrected chi connectivity index (χ3v) is 3.01. The molecule has 0 aliphatic carbocycles. The summed E-state index contributed by atoms with van der Waals surface area (Å²) in [5, 5.41) is 20.2. The largest absolute Gasteiger partial charge is 0.379 e. The van der Waals surface area contributed by atoms with Gasteiger partial charge in [-0.15, -0.1) is 0 Å². The van der Waals surface area contributed by atoms with Gasteiger partial charge in [0, 0.05) is 18.7 Å². The van der Waals surface area contributed by atoms with Crippen LogP contribution < -0.4 is 0 Å². The first-order valence-electron chi connectivity index (χ1n) is 5.56. The lowest BCUT2D eigenvalue weighted by atomic mass is 10.1. The second-order valence-corrected chi connectivity index (χ2v) is 4.20. The van der Waals surface area contributed by atoms with E-state index in [0.717, 1.165) is 6.07 Å². The average Bonchev–Trinajstić information content (AvgIpc) is 2.33. The average molecular weight is 241 g/mol. The Morgan fingerprint density at radius 1 is 1.29 bits per heavy atom. The quantitative estimate of drug-likeness (QED) is 0.743. The minimum absolute atomic E-state index is 0.141. The van der Waals surface area contributed by atoms with Crippen molar-refractivity contribution in [1.82, 2.24) is 4.90 Å². The lowest BCUT2D eigenvalue weighted by Crippen LogP contribution is -2.51.